The number of aromatic nitrogens is 4. The SMILES string of the molecule is COC(=O)c1c(C)[nH]c(C(=O)[C@@H](C)Sc2nnc(-c3ccc(F)cc3)n2C)c1C. The van der Waals surface area contributed by atoms with Gasteiger partial charge in [-0.2, -0.15) is 0 Å². The molecule has 1 atom stereocenters. The summed E-state index contributed by atoms with van der Waals surface area (Å²) in [6, 6.07) is 5.97. The largest absolute Gasteiger partial charge is 0.465 e. The molecule has 1 N–H and O–H groups in total. The topological polar surface area (TPSA) is 89.9 Å². The Labute approximate surface area is 171 Å². The molecule has 0 bridgehead atoms. The van der Waals surface area contributed by atoms with Crippen LogP contribution in [0.2, 0.25) is 0 Å². The monoisotopic (exact) mass is 416 g/mol. The zero-order chi connectivity index (χ0) is 21.3. The van der Waals surface area contributed by atoms with Crippen LogP contribution in [0.25, 0.3) is 11.4 Å². The Morgan fingerprint density at radius 3 is 2.48 bits per heavy atom. The molecule has 1 aromatic carbocycles. The number of carbonyl (C=O) groups is 2. The van der Waals surface area contributed by atoms with Crippen LogP contribution in [0.3, 0.4) is 0 Å². The fraction of sp³-hybridized carbons (Fsp3) is 0.300. The maximum absolute atomic E-state index is 13.1. The molecule has 0 aliphatic heterocycles. The highest BCUT2D eigenvalue weighted by Gasteiger charge is 2.27. The van der Waals surface area contributed by atoms with E-state index in [0.29, 0.717) is 33.5 Å². The van der Waals surface area contributed by atoms with E-state index in [9.17, 15) is 14.0 Å². The van der Waals surface area contributed by atoms with E-state index in [2.05, 4.69) is 15.2 Å². The van der Waals surface area contributed by atoms with Crippen molar-refractivity contribution in [3.8, 4) is 11.4 Å². The Bertz CT molecular complexity index is 1070. The molecular weight excluding hydrogens is 395 g/mol. The third-order valence-electron chi connectivity index (χ3n) is 4.66. The summed E-state index contributed by atoms with van der Waals surface area (Å²) in [5.41, 5.74) is 2.64. The summed E-state index contributed by atoms with van der Waals surface area (Å²) < 4.78 is 19.7. The molecule has 0 radical (unpaired) electrons. The van der Waals surface area contributed by atoms with Crippen molar-refractivity contribution >= 4 is 23.5 Å². The number of methoxy groups -OCH3 is 1. The van der Waals surface area contributed by atoms with E-state index < -0.39 is 11.2 Å². The van der Waals surface area contributed by atoms with Crippen molar-refractivity contribution in [2.45, 2.75) is 31.2 Å². The lowest BCUT2D eigenvalue weighted by Crippen LogP contribution is -2.16. The Balaban J connectivity index is 1.82. The van der Waals surface area contributed by atoms with Gasteiger partial charge in [0.25, 0.3) is 0 Å². The quantitative estimate of drug-likeness (QED) is 0.374. The van der Waals surface area contributed by atoms with E-state index in [1.807, 2.05) is 0 Å². The van der Waals surface area contributed by atoms with Gasteiger partial charge in [0.05, 0.1) is 23.6 Å². The number of hydrogen-bond donors (Lipinski definition) is 1. The van der Waals surface area contributed by atoms with Gasteiger partial charge in [0, 0.05) is 18.3 Å². The first-order valence-corrected chi connectivity index (χ1v) is 9.76. The number of carbonyl (C=O) groups excluding carboxylic acids is 2. The van der Waals surface area contributed by atoms with E-state index in [-0.39, 0.29) is 11.6 Å². The van der Waals surface area contributed by atoms with Crippen LogP contribution in [0.5, 0.6) is 0 Å². The highest BCUT2D eigenvalue weighted by molar-refractivity contribution is 8.00. The Hall–Kier alpha value is -2.94. The lowest BCUT2D eigenvalue weighted by molar-refractivity contribution is 0.0599. The highest BCUT2D eigenvalue weighted by atomic mass is 32.2. The van der Waals surface area contributed by atoms with Crippen LogP contribution in [-0.2, 0) is 11.8 Å². The number of rotatable bonds is 6. The van der Waals surface area contributed by atoms with E-state index in [1.165, 1.54) is 31.0 Å². The summed E-state index contributed by atoms with van der Waals surface area (Å²) in [4.78, 5) is 27.9. The number of H-pyrrole nitrogens is 1. The Morgan fingerprint density at radius 1 is 1.21 bits per heavy atom. The predicted molar refractivity (Wildman–Crippen MR) is 108 cm³/mol. The molecule has 0 saturated heterocycles. The van der Waals surface area contributed by atoms with E-state index >= 15 is 0 Å². The summed E-state index contributed by atoms with van der Waals surface area (Å²) in [7, 11) is 3.10. The summed E-state index contributed by atoms with van der Waals surface area (Å²) in [6.45, 7) is 5.22. The fourth-order valence-electron chi connectivity index (χ4n) is 3.09. The third kappa shape index (κ3) is 3.95. The first-order valence-electron chi connectivity index (χ1n) is 8.88. The number of esters is 1. The number of benzene rings is 1. The average Bonchev–Trinajstić information content (AvgIpc) is 3.20. The van der Waals surface area contributed by atoms with Gasteiger partial charge in [-0.25, -0.2) is 9.18 Å². The molecule has 9 heteroatoms. The summed E-state index contributed by atoms with van der Waals surface area (Å²) in [6.07, 6.45) is 0. The van der Waals surface area contributed by atoms with Gasteiger partial charge >= 0.3 is 5.97 Å². The summed E-state index contributed by atoms with van der Waals surface area (Å²) in [5, 5.41) is 8.41. The number of aromatic amines is 1. The van der Waals surface area contributed by atoms with Crippen LogP contribution >= 0.6 is 11.8 Å². The van der Waals surface area contributed by atoms with Crippen LogP contribution in [0.15, 0.2) is 29.4 Å². The van der Waals surface area contributed by atoms with Crippen LogP contribution in [0, 0.1) is 19.7 Å². The number of nitrogens with zero attached hydrogens (tertiary/aromatic N) is 3. The summed E-state index contributed by atoms with van der Waals surface area (Å²) in [5.74, 6) is -0.385. The number of ketones is 1. The maximum Gasteiger partial charge on any atom is 0.339 e. The molecule has 3 rings (SSSR count). The standard InChI is InChI=1S/C20H21FN4O3S/c1-10-15(19(27)28-5)11(2)22-16(10)17(26)12(3)29-20-24-23-18(25(20)4)13-6-8-14(21)9-7-13/h6-9,12,22H,1-5H3/t12-/m1/s1. The smallest absolute Gasteiger partial charge is 0.339 e. The fourth-order valence-corrected chi connectivity index (χ4v) is 3.96. The first-order chi connectivity index (χ1) is 13.7. The molecule has 0 unspecified atom stereocenters. The van der Waals surface area contributed by atoms with Gasteiger partial charge in [-0.1, -0.05) is 11.8 Å². The normalized spacial score (nSPS) is 12.1. The maximum atomic E-state index is 13.1. The minimum Gasteiger partial charge on any atom is -0.465 e. The van der Waals surface area contributed by atoms with Gasteiger partial charge < -0.3 is 14.3 Å². The molecule has 7 nitrogen and oxygen atoms in total. The van der Waals surface area contributed by atoms with Crippen molar-refractivity contribution in [2.75, 3.05) is 7.11 Å². The molecule has 0 saturated carbocycles. The molecule has 2 aromatic heterocycles. The number of aryl methyl sites for hydroxylation is 1. The average molecular weight is 416 g/mol. The molecule has 0 fully saturated rings. The number of thioether (sulfide) groups is 1. The van der Waals surface area contributed by atoms with Crippen molar-refractivity contribution in [1.29, 1.82) is 0 Å². The van der Waals surface area contributed by atoms with Gasteiger partial charge in [-0.15, -0.1) is 10.2 Å². The summed E-state index contributed by atoms with van der Waals surface area (Å²) >= 11 is 1.26. The van der Waals surface area contributed by atoms with Crippen LogP contribution in [0.4, 0.5) is 4.39 Å². The number of nitrogens with one attached hydrogen (secondary N) is 1. The third-order valence-corrected chi connectivity index (χ3v) is 5.80. The number of ether oxygens (including phenoxy) is 1. The van der Waals surface area contributed by atoms with Gasteiger partial charge in [-0.05, 0) is 50.6 Å². The second-order valence-corrected chi connectivity index (χ2v) is 7.92. The van der Waals surface area contributed by atoms with E-state index in [1.54, 1.807) is 44.5 Å². The molecule has 152 valence electrons. The highest BCUT2D eigenvalue weighted by Crippen LogP contribution is 2.29. The molecule has 3 aromatic rings. The number of Topliss-reactive ketones (excluding diaryl/α,β-unsaturated/α-hetero) is 1. The minimum atomic E-state index is -0.479. The molecule has 0 aliphatic rings. The predicted octanol–water partition coefficient (Wildman–Crippen LogP) is 3.72. The molecule has 0 aliphatic carbocycles. The zero-order valence-electron chi connectivity index (χ0n) is 16.7. The van der Waals surface area contributed by atoms with Gasteiger partial charge in [0.1, 0.15) is 5.82 Å². The Kier molecular flexibility index (Phi) is 5.88. The van der Waals surface area contributed by atoms with E-state index in [4.69, 9.17) is 4.74 Å². The van der Waals surface area contributed by atoms with Gasteiger partial charge in [-0.3, -0.25) is 4.79 Å². The van der Waals surface area contributed by atoms with E-state index in [0.717, 1.165) is 5.56 Å². The Morgan fingerprint density at radius 2 is 1.86 bits per heavy atom. The van der Waals surface area contributed by atoms with Crippen molar-refractivity contribution in [3.05, 3.63) is 52.6 Å². The van der Waals surface area contributed by atoms with Gasteiger partial charge in [0.2, 0.25) is 0 Å². The van der Waals surface area contributed by atoms with Crippen LogP contribution in [-0.4, -0.2) is 43.9 Å². The molecular formula is C20H21FN4O3S. The number of halogens is 1. The van der Waals surface area contributed by atoms with Crippen molar-refractivity contribution in [1.82, 2.24) is 19.7 Å². The second-order valence-electron chi connectivity index (χ2n) is 6.61. The van der Waals surface area contributed by atoms with Crippen molar-refractivity contribution < 1.29 is 18.7 Å². The lowest BCUT2D eigenvalue weighted by atomic mass is 10.1. The molecule has 29 heavy (non-hydrogen) atoms. The molecule has 2 heterocycles. The minimum absolute atomic E-state index is 0.155. The van der Waals surface area contributed by atoms with Crippen LogP contribution < -0.4 is 0 Å². The number of hydrogen-bond acceptors (Lipinski definition) is 6. The second kappa shape index (κ2) is 8.20. The molecule has 0 amide bonds. The lowest BCUT2D eigenvalue weighted by Gasteiger charge is -2.10. The van der Waals surface area contributed by atoms with Gasteiger partial charge in [0.15, 0.2) is 16.8 Å². The zero-order valence-corrected chi connectivity index (χ0v) is 17.6. The molecule has 0 spiro atoms. The van der Waals surface area contributed by atoms with Crippen molar-refractivity contribution in [2.24, 2.45) is 7.05 Å². The van der Waals surface area contributed by atoms with Crippen molar-refractivity contribution in [3.63, 3.8) is 0 Å². The van der Waals surface area contributed by atoms with Crippen LogP contribution in [0.1, 0.15) is 39.0 Å². The first kappa shape index (κ1) is 20.8.